The highest BCUT2D eigenvalue weighted by Gasteiger charge is 2.56. The van der Waals surface area contributed by atoms with E-state index in [9.17, 15) is 14.0 Å². The van der Waals surface area contributed by atoms with Crippen molar-refractivity contribution in [1.29, 1.82) is 5.26 Å². The van der Waals surface area contributed by atoms with Crippen molar-refractivity contribution in [3.8, 4) is 6.07 Å². The molecule has 3 rings (SSSR count). The van der Waals surface area contributed by atoms with Crippen LogP contribution in [0.1, 0.15) is 24.0 Å². The number of hydrogen-bond donors (Lipinski definition) is 2. The van der Waals surface area contributed by atoms with Gasteiger partial charge in [0.15, 0.2) is 0 Å². The Kier molecular flexibility index (Phi) is 4.48. The molecule has 5 nitrogen and oxygen atoms in total. The first kappa shape index (κ1) is 16.7. The molecule has 1 aliphatic carbocycles. The van der Waals surface area contributed by atoms with E-state index in [4.69, 9.17) is 5.26 Å². The Morgan fingerprint density at radius 1 is 1.12 bits per heavy atom. The van der Waals surface area contributed by atoms with Gasteiger partial charge in [0.05, 0.1) is 11.6 Å². The quantitative estimate of drug-likeness (QED) is 0.823. The van der Waals surface area contributed by atoms with E-state index in [1.54, 1.807) is 36.4 Å². The third-order valence-corrected chi connectivity index (χ3v) is 4.24. The van der Waals surface area contributed by atoms with Gasteiger partial charge in [-0.2, -0.15) is 5.26 Å². The highest BCUT2D eigenvalue weighted by Crippen LogP contribution is 2.46. The zero-order chi connectivity index (χ0) is 17.9. The molecule has 25 heavy (non-hydrogen) atoms. The van der Waals surface area contributed by atoms with E-state index in [1.807, 2.05) is 6.07 Å². The minimum atomic E-state index is -1.07. The first-order valence-corrected chi connectivity index (χ1v) is 7.88. The minimum Gasteiger partial charge on any atom is -0.351 e. The fourth-order valence-electron chi connectivity index (χ4n) is 2.55. The average molecular weight is 337 g/mol. The number of hydrogen-bond acceptors (Lipinski definition) is 3. The maximum atomic E-state index is 12.9. The number of nitriles is 1. The Morgan fingerprint density at radius 3 is 2.48 bits per heavy atom. The Bertz CT molecular complexity index is 852. The lowest BCUT2D eigenvalue weighted by Gasteiger charge is -2.15. The molecule has 1 aliphatic rings. The van der Waals surface area contributed by atoms with Crippen molar-refractivity contribution in [3.05, 3.63) is 65.5 Å². The van der Waals surface area contributed by atoms with Gasteiger partial charge < -0.3 is 10.6 Å². The molecule has 0 aromatic heterocycles. The topological polar surface area (TPSA) is 82.0 Å². The lowest BCUT2D eigenvalue weighted by molar-refractivity contribution is -0.134. The predicted octanol–water partition coefficient (Wildman–Crippen LogP) is 2.73. The number of halogens is 1. The van der Waals surface area contributed by atoms with Crippen molar-refractivity contribution < 1.29 is 14.0 Å². The highest BCUT2D eigenvalue weighted by molar-refractivity contribution is 6.13. The van der Waals surface area contributed by atoms with Crippen LogP contribution < -0.4 is 10.6 Å². The second-order valence-electron chi connectivity index (χ2n) is 6.04. The van der Waals surface area contributed by atoms with Gasteiger partial charge in [-0.15, -0.1) is 0 Å². The largest absolute Gasteiger partial charge is 0.351 e. The molecule has 0 spiro atoms. The third kappa shape index (κ3) is 3.66. The molecule has 0 unspecified atom stereocenters. The molecule has 0 radical (unpaired) electrons. The lowest BCUT2D eigenvalue weighted by atomic mass is 10.0. The molecule has 2 aromatic rings. The van der Waals surface area contributed by atoms with Crippen molar-refractivity contribution in [2.24, 2.45) is 5.41 Å². The summed E-state index contributed by atoms with van der Waals surface area (Å²) in [5.74, 6) is -1.06. The number of carbonyl (C=O) groups excluding carboxylic acids is 2. The molecule has 2 amide bonds. The molecule has 6 heteroatoms. The number of nitrogens with one attached hydrogen (secondary N) is 2. The zero-order valence-corrected chi connectivity index (χ0v) is 13.4. The van der Waals surface area contributed by atoms with Crippen LogP contribution in [0.4, 0.5) is 10.1 Å². The fraction of sp³-hybridized carbons (Fsp3) is 0.211. The average Bonchev–Trinajstić information content (AvgIpc) is 3.43. The number of carbonyl (C=O) groups is 2. The zero-order valence-electron chi connectivity index (χ0n) is 13.4. The van der Waals surface area contributed by atoms with Gasteiger partial charge in [0, 0.05) is 12.2 Å². The molecule has 0 bridgehead atoms. The first-order chi connectivity index (χ1) is 12.0. The summed E-state index contributed by atoms with van der Waals surface area (Å²) in [5.41, 5.74) is 0.612. The van der Waals surface area contributed by atoms with E-state index in [0.717, 1.165) is 5.56 Å². The van der Waals surface area contributed by atoms with Crippen LogP contribution in [-0.2, 0) is 16.1 Å². The summed E-state index contributed by atoms with van der Waals surface area (Å²) in [7, 11) is 0. The Balaban J connectivity index is 1.62. The maximum absolute atomic E-state index is 12.9. The Morgan fingerprint density at radius 2 is 1.84 bits per heavy atom. The summed E-state index contributed by atoms with van der Waals surface area (Å²) < 4.78 is 12.9. The highest BCUT2D eigenvalue weighted by atomic mass is 19.1. The van der Waals surface area contributed by atoms with Crippen LogP contribution >= 0.6 is 0 Å². The third-order valence-electron chi connectivity index (χ3n) is 4.24. The van der Waals surface area contributed by atoms with Gasteiger partial charge in [-0.1, -0.05) is 18.2 Å². The van der Waals surface area contributed by atoms with Crippen molar-refractivity contribution >= 4 is 17.5 Å². The lowest BCUT2D eigenvalue weighted by Crippen LogP contribution is -2.39. The number of rotatable bonds is 5. The van der Waals surface area contributed by atoms with E-state index in [2.05, 4.69) is 10.6 Å². The standard InChI is InChI=1S/C19H16FN3O2/c20-15-6-4-13(5-7-15)12-22-17(24)19(8-9-19)18(25)23-16-3-1-2-14(10-16)11-21/h1-7,10H,8-9,12H2,(H,22,24)(H,23,25). The van der Waals surface area contributed by atoms with Crippen LogP contribution in [0, 0.1) is 22.6 Å². The molecule has 126 valence electrons. The Labute approximate surface area is 144 Å². The van der Waals surface area contributed by atoms with Crippen molar-refractivity contribution in [2.75, 3.05) is 5.32 Å². The predicted molar refractivity (Wildman–Crippen MR) is 89.7 cm³/mol. The second-order valence-corrected chi connectivity index (χ2v) is 6.04. The smallest absolute Gasteiger partial charge is 0.240 e. The van der Waals surface area contributed by atoms with Gasteiger partial charge >= 0.3 is 0 Å². The molecule has 1 fully saturated rings. The Hall–Kier alpha value is -3.20. The molecule has 0 aliphatic heterocycles. The normalized spacial score (nSPS) is 14.2. The summed E-state index contributed by atoms with van der Waals surface area (Å²) in [5, 5.41) is 14.3. The van der Waals surface area contributed by atoms with Crippen LogP contribution in [0.2, 0.25) is 0 Å². The van der Waals surface area contributed by atoms with E-state index in [0.29, 0.717) is 24.1 Å². The molecular weight excluding hydrogens is 321 g/mol. The van der Waals surface area contributed by atoms with Crippen LogP contribution in [0.3, 0.4) is 0 Å². The fourth-order valence-corrected chi connectivity index (χ4v) is 2.55. The van der Waals surface area contributed by atoms with Gasteiger partial charge in [-0.25, -0.2) is 4.39 Å². The van der Waals surface area contributed by atoms with Gasteiger partial charge in [-0.3, -0.25) is 9.59 Å². The maximum Gasteiger partial charge on any atom is 0.240 e. The van der Waals surface area contributed by atoms with Crippen molar-refractivity contribution in [1.82, 2.24) is 5.32 Å². The molecular formula is C19H16FN3O2. The SMILES string of the molecule is N#Cc1cccc(NC(=O)C2(C(=O)NCc3ccc(F)cc3)CC2)c1. The monoisotopic (exact) mass is 337 g/mol. The molecule has 2 N–H and O–H groups in total. The number of nitrogens with zero attached hydrogens (tertiary/aromatic N) is 1. The molecule has 0 atom stereocenters. The molecule has 1 saturated carbocycles. The van der Waals surface area contributed by atoms with Crippen LogP contribution in [0.5, 0.6) is 0 Å². The number of benzene rings is 2. The van der Waals surface area contributed by atoms with Crippen LogP contribution in [-0.4, -0.2) is 11.8 Å². The summed E-state index contributed by atoms with van der Waals surface area (Å²) in [6.07, 6.45) is 0.956. The van der Waals surface area contributed by atoms with E-state index >= 15 is 0 Å². The minimum absolute atomic E-state index is 0.234. The van der Waals surface area contributed by atoms with Crippen molar-refractivity contribution in [2.45, 2.75) is 19.4 Å². The number of amides is 2. The van der Waals surface area contributed by atoms with Gasteiger partial charge in [0.25, 0.3) is 0 Å². The van der Waals surface area contributed by atoms with Gasteiger partial charge in [0.2, 0.25) is 11.8 Å². The summed E-state index contributed by atoms with van der Waals surface area (Å²) >= 11 is 0. The summed E-state index contributed by atoms with van der Waals surface area (Å²) in [6, 6.07) is 14.4. The van der Waals surface area contributed by atoms with E-state index in [-0.39, 0.29) is 24.2 Å². The van der Waals surface area contributed by atoms with Gasteiger partial charge in [0.1, 0.15) is 11.2 Å². The van der Waals surface area contributed by atoms with Crippen LogP contribution in [0.25, 0.3) is 0 Å². The first-order valence-electron chi connectivity index (χ1n) is 7.88. The number of anilines is 1. The second kappa shape index (κ2) is 6.73. The van der Waals surface area contributed by atoms with E-state index in [1.165, 1.54) is 12.1 Å². The van der Waals surface area contributed by atoms with Crippen LogP contribution in [0.15, 0.2) is 48.5 Å². The molecule has 0 saturated heterocycles. The molecule has 0 heterocycles. The summed E-state index contributed by atoms with van der Waals surface area (Å²) in [6.45, 7) is 0.234. The van der Waals surface area contributed by atoms with E-state index < -0.39 is 5.41 Å². The van der Waals surface area contributed by atoms with Crippen molar-refractivity contribution in [3.63, 3.8) is 0 Å². The molecule has 2 aromatic carbocycles. The van der Waals surface area contributed by atoms with Gasteiger partial charge in [-0.05, 0) is 48.7 Å². The summed E-state index contributed by atoms with van der Waals surface area (Å²) in [4.78, 5) is 24.9.